The van der Waals surface area contributed by atoms with Gasteiger partial charge in [0.2, 0.25) is 0 Å². The number of dihydropyridines is 1. The van der Waals surface area contributed by atoms with Crippen LogP contribution in [0.4, 0.5) is 0 Å². The lowest BCUT2D eigenvalue weighted by Gasteiger charge is -2.49. The van der Waals surface area contributed by atoms with E-state index in [9.17, 15) is 25.5 Å². The second-order valence-corrected chi connectivity index (χ2v) is 21.3. The lowest BCUT2D eigenvalue weighted by atomic mass is 9.57. The van der Waals surface area contributed by atoms with Gasteiger partial charge in [-0.2, -0.15) is 0 Å². The largest absolute Gasteiger partial charge is 0.508 e. The molecule has 11 rings (SSSR count). The highest BCUT2D eigenvalue weighted by Gasteiger charge is 2.47. The number of aromatic hydroxyl groups is 3. The Bertz CT molecular complexity index is 3180. The maximum atomic E-state index is 11.8. The molecule has 1 saturated heterocycles. The summed E-state index contributed by atoms with van der Waals surface area (Å²) in [7, 11) is 1.67. The Labute approximate surface area is 439 Å². The summed E-state index contributed by atoms with van der Waals surface area (Å²) in [5, 5.41) is 64.0. The third-order valence-corrected chi connectivity index (χ3v) is 16.5. The van der Waals surface area contributed by atoms with Crippen molar-refractivity contribution >= 4 is 16.6 Å². The molecule has 1 aromatic heterocycles. The van der Waals surface area contributed by atoms with Crippen molar-refractivity contribution in [1.29, 1.82) is 0 Å². The number of benzene rings is 5. The van der Waals surface area contributed by atoms with Crippen molar-refractivity contribution in [1.82, 2.24) is 15.2 Å². The van der Waals surface area contributed by atoms with Gasteiger partial charge in [0.05, 0.1) is 38.8 Å². The van der Waals surface area contributed by atoms with Crippen LogP contribution in [0, 0.1) is 23.7 Å². The van der Waals surface area contributed by atoms with E-state index < -0.39 is 6.10 Å². The maximum Gasteiger partial charge on any atom is 0.161 e. The predicted octanol–water partition coefficient (Wildman–Crippen LogP) is 9.43. The van der Waals surface area contributed by atoms with Crippen molar-refractivity contribution in [3.05, 3.63) is 171 Å². The quantitative estimate of drug-likeness (QED) is 0.0516. The number of phenolic OH excluding ortho intramolecular Hbond substituents is 3. The number of aliphatic hydroxyl groups is 2. The van der Waals surface area contributed by atoms with E-state index in [0.29, 0.717) is 56.9 Å². The summed E-state index contributed by atoms with van der Waals surface area (Å²) in [6, 6.07) is 30.0. The molecular formula is C63H69N3O9. The molecule has 5 heterocycles. The number of rotatable bonds is 10. The molecule has 0 spiro atoms. The molecule has 4 aliphatic heterocycles. The molecule has 6 bridgehead atoms. The van der Waals surface area contributed by atoms with Gasteiger partial charge in [-0.3, -0.25) is 5.32 Å². The van der Waals surface area contributed by atoms with Crippen LogP contribution in [-0.4, -0.2) is 82.1 Å². The molecule has 75 heavy (non-hydrogen) atoms. The SMILES string of the molecule is COCNC1C=C2C#CC(CCc3ccc(O)c(Cc4cccc(O)c4)c3)CCCC3CC(O)CCc4cc(c(O)cc4CO)OCc4cc(C56CCOCC5CCc5ccccc56)cc5cn(cc45)C(=C2CO3)N1. The summed E-state index contributed by atoms with van der Waals surface area (Å²) in [5.74, 6) is 9.30. The van der Waals surface area contributed by atoms with Gasteiger partial charge in [0.25, 0.3) is 0 Å². The van der Waals surface area contributed by atoms with E-state index >= 15 is 0 Å². The fourth-order valence-electron chi connectivity index (χ4n) is 12.6. The minimum Gasteiger partial charge on any atom is -0.508 e. The highest BCUT2D eigenvalue weighted by molar-refractivity contribution is 5.88. The number of hydrogen-bond acceptors (Lipinski definition) is 11. The van der Waals surface area contributed by atoms with Gasteiger partial charge < -0.3 is 54.4 Å². The Hall–Kier alpha value is -6.56. The van der Waals surface area contributed by atoms with Gasteiger partial charge in [-0.1, -0.05) is 66.4 Å². The number of ether oxygens (including phenoxy) is 4. The average molecular weight is 1010 g/mol. The van der Waals surface area contributed by atoms with Crippen molar-refractivity contribution in [2.24, 2.45) is 11.8 Å². The van der Waals surface area contributed by atoms with Crippen LogP contribution >= 0.6 is 0 Å². The summed E-state index contributed by atoms with van der Waals surface area (Å²) >= 11 is 0. The van der Waals surface area contributed by atoms with Gasteiger partial charge in [-0.25, -0.2) is 0 Å². The van der Waals surface area contributed by atoms with Crippen LogP contribution < -0.4 is 15.4 Å². The number of nitrogens with one attached hydrogen (secondary N) is 2. The first-order valence-electron chi connectivity index (χ1n) is 26.9. The Morgan fingerprint density at radius 1 is 0.853 bits per heavy atom. The van der Waals surface area contributed by atoms with Crippen LogP contribution in [0.5, 0.6) is 23.0 Å². The monoisotopic (exact) mass is 1010 g/mol. The highest BCUT2D eigenvalue weighted by Crippen LogP contribution is 2.52. The number of methoxy groups -OCH3 is 1. The second-order valence-electron chi connectivity index (χ2n) is 21.3. The van der Waals surface area contributed by atoms with Crippen LogP contribution in [0.15, 0.2) is 121 Å². The second kappa shape index (κ2) is 22.3. The molecule has 12 nitrogen and oxygen atoms in total. The third-order valence-electron chi connectivity index (χ3n) is 16.5. The van der Waals surface area contributed by atoms with E-state index in [-0.39, 0.29) is 66.6 Å². The number of aromatic nitrogens is 1. The van der Waals surface area contributed by atoms with Crippen LogP contribution in [0.1, 0.15) is 101 Å². The first-order chi connectivity index (χ1) is 36.6. The fraction of sp³-hybridized carbons (Fsp3) is 0.397. The molecule has 1 fully saturated rings. The lowest BCUT2D eigenvalue weighted by molar-refractivity contribution is 0.00498. The van der Waals surface area contributed by atoms with Crippen LogP contribution in [0.25, 0.3) is 16.6 Å². The Morgan fingerprint density at radius 2 is 1.75 bits per heavy atom. The van der Waals surface area contributed by atoms with Gasteiger partial charge >= 0.3 is 0 Å². The molecule has 6 atom stereocenters. The first-order valence-corrected chi connectivity index (χ1v) is 26.9. The zero-order chi connectivity index (χ0) is 51.5. The molecule has 0 radical (unpaired) electrons. The number of hydrogen-bond donors (Lipinski definition) is 7. The van der Waals surface area contributed by atoms with E-state index in [4.69, 9.17) is 18.9 Å². The summed E-state index contributed by atoms with van der Waals surface area (Å²) in [5.41, 5.74) is 10.7. The number of aryl methyl sites for hydroxylation is 3. The Balaban J connectivity index is 1.02. The molecule has 390 valence electrons. The zero-order valence-electron chi connectivity index (χ0n) is 42.8. The number of nitrogens with zero attached hydrogens (tertiary/aromatic N) is 1. The molecule has 1 aliphatic carbocycles. The molecule has 7 N–H and O–H groups in total. The molecule has 0 amide bonds. The molecule has 12 heteroatoms. The molecule has 5 aliphatic rings. The Morgan fingerprint density at radius 3 is 2.63 bits per heavy atom. The van der Waals surface area contributed by atoms with Gasteiger partial charge in [-0.05, 0) is 169 Å². The van der Waals surface area contributed by atoms with Gasteiger partial charge in [0, 0.05) is 65.8 Å². The molecule has 6 unspecified atom stereocenters. The van der Waals surface area contributed by atoms with E-state index in [0.717, 1.165) is 107 Å². The van der Waals surface area contributed by atoms with Gasteiger partial charge in [-0.15, -0.1) is 0 Å². The van der Waals surface area contributed by atoms with Crippen LogP contribution in [0.3, 0.4) is 0 Å². The van der Waals surface area contributed by atoms with Gasteiger partial charge in [0.15, 0.2) is 11.5 Å². The van der Waals surface area contributed by atoms with Crippen molar-refractivity contribution < 1.29 is 44.5 Å². The third kappa shape index (κ3) is 10.8. The van der Waals surface area contributed by atoms with Gasteiger partial charge in [0.1, 0.15) is 30.1 Å². The van der Waals surface area contributed by atoms with Crippen LogP contribution in [-0.2, 0) is 58.5 Å². The van der Waals surface area contributed by atoms with E-state index in [1.165, 1.54) is 16.7 Å². The van der Waals surface area contributed by atoms with E-state index in [1.807, 2.05) is 24.3 Å². The van der Waals surface area contributed by atoms with Crippen molar-refractivity contribution in [2.45, 2.75) is 114 Å². The molecule has 0 saturated carbocycles. The number of phenols is 3. The minimum atomic E-state index is -0.698. The number of fused-ring (bicyclic) bond motifs is 9. The zero-order valence-corrected chi connectivity index (χ0v) is 42.8. The average Bonchev–Trinajstić information content (AvgIpc) is 3.86. The minimum absolute atomic E-state index is 0.0403. The van der Waals surface area contributed by atoms with E-state index in [1.54, 1.807) is 31.4 Å². The van der Waals surface area contributed by atoms with Crippen molar-refractivity contribution in [3.8, 4) is 34.8 Å². The summed E-state index contributed by atoms with van der Waals surface area (Å²) in [6.07, 6.45) is 13.9. The van der Waals surface area contributed by atoms with Crippen molar-refractivity contribution in [3.63, 3.8) is 0 Å². The lowest BCUT2D eigenvalue weighted by Crippen LogP contribution is -2.47. The molecular weight excluding hydrogens is 943 g/mol. The molecule has 5 aromatic carbocycles. The standard InChI is InChI=1S/C63H69N3O9/c1-72-39-64-61-31-45-16-14-40(12-13-41-15-21-58(70)46(24-41)25-42-7-4-9-52(68)26-42)6-5-10-54-32-53(69)20-18-44-30-60(59(71)29-48(44)35-67)75-36-49-28-51(27-47-33-66(34-55(47)49)62(65-61)56(45)38-74-54)63-22-23-73-37-50(63)19-17-43-8-2-3-11-57(43)63/h2-4,7-9,11,15,21,24,26-31,33-34,40,50,53-54,61,64-65,67-71H,5-6,10,12-13,17-20,22-23,25,32,35-39H2,1H3. The summed E-state index contributed by atoms with van der Waals surface area (Å²) in [6.45, 7) is 1.82. The first kappa shape index (κ1) is 50.6. The smallest absolute Gasteiger partial charge is 0.161 e. The maximum absolute atomic E-state index is 11.8. The fourth-order valence-corrected chi connectivity index (χ4v) is 12.6. The van der Waals surface area contributed by atoms with E-state index in [2.05, 4.69) is 88.0 Å². The summed E-state index contributed by atoms with van der Waals surface area (Å²) < 4.78 is 27.6. The topological polar surface area (TPSA) is 167 Å². The highest BCUT2D eigenvalue weighted by atomic mass is 16.5. The normalized spacial score (nSPS) is 23.8. The van der Waals surface area contributed by atoms with Crippen molar-refractivity contribution in [2.75, 3.05) is 33.7 Å². The number of aliphatic hydroxyl groups excluding tert-OH is 2. The Kier molecular flexibility index (Phi) is 15.1. The van der Waals surface area contributed by atoms with Crippen LogP contribution in [0.2, 0.25) is 0 Å². The molecule has 6 aromatic rings. The predicted molar refractivity (Wildman–Crippen MR) is 289 cm³/mol. The summed E-state index contributed by atoms with van der Waals surface area (Å²) in [4.78, 5) is 0.